The summed E-state index contributed by atoms with van der Waals surface area (Å²) in [6.07, 6.45) is -2.06. The second kappa shape index (κ2) is 5.00. The first kappa shape index (κ1) is 12.9. The average molecular weight is 257 g/mol. The van der Waals surface area contributed by atoms with Gasteiger partial charge in [-0.3, -0.25) is 4.99 Å². The first-order chi connectivity index (χ1) is 8.47. The molecule has 1 aromatic carbocycles. The number of benzene rings is 1. The smallest absolute Gasteiger partial charge is 0.416 e. The van der Waals surface area contributed by atoms with Gasteiger partial charge < -0.3 is 4.74 Å². The standard InChI is InChI=1S/C13H14F3NO/c1-9(6-12-7-18-8-17-12)10-2-4-11(5-3-10)13(14,15)16/h2-5,8-9,12H,6-7H2,1H3. The molecule has 2 unspecified atom stereocenters. The lowest BCUT2D eigenvalue weighted by molar-refractivity contribution is -0.137. The summed E-state index contributed by atoms with van der Waals surface area (Å²) in [5.41, 5.74) is 0.283. The van der Waals surface area contributed by atoms with Crippen LogP contribution in [0.1, 0.15) is 30.4 Å². The molecule has 0 amide bonds. The van der Waals surface area contributed by atoms with Gasteiger partial charge in [0, 0.05) is 0 Å². The summed E-state index contributed by atoms with van der Waals surface area (Å²) in [7, 11) is 0. The normalized spacial score (nSPS) is 20.8. The van der Waals surface area contributed by atoms with E-state index in [0.717, 1.165) is 24.1 Å². The zero-order valence-electron chi connectivity index (χ0n) is 9.95. The second-order valence-electron chi connectivity index (χ2n) is 4.50. The Kier molecular flexibility index (Phi) is 3.59. The Morgan fingerprint density at radius 1 is 1.33 bits per heavy atom. The summed E-state index contributed by atoms with van der Waals surface area (Å²) in [6.45, 7) is 2.54. The molecule has 0 saturated heterocycles. The minimum absolute atomic E-state index is 0.113. The van der Waals surface area contributed by atoms with E-state index in [1.165, 1.54) is 18.5 Å². The van der Waals surface area contributed by atoms with E-state index in [-0.39, 0.29) is 12.0 Å². The molecule has 18 heavy (non-hydrogen) atoms. The summed E-state index contributed by atoms with van der Waals surface area (Å²) in [5, 5.41) is 0. The minimum Gasteiger partial charge on any atom is -0.481 e. The molecule has 2 atom stereocenters. The molecule has 0 spiro atoms. The van der Waals surface area contributed by atoms with Gasteiger partial charge in [0.25, 0.3) is 0 Å². The third-order valence-corrected chi connectivity index (χ3v) is 3.07. The quantitative estimate of drug-likeness (QED) is 0.810. The van der Waals surface area contributed by atoms with Crippen molar-refractivity contribution in [3.05, 3.63) is 35.4 Å². The van der Waals surface area contributed by atoms with Gasteiger partial charge in [-0.05, 0) is 30.0 Å². The molecule has 1 aliphatic heterocycles. The fourth-order valence-corrected chi connectivity index (χ4v) is 2.00. The van der Waals surface area contributed by atoms with E-state index in [4.69, 9.17) is 4.74 Å². The van der Waals surface area contributed by atoms with Gasteiger partial charge in [0.15, 0.2) is 6.40 Å². The van der Waals surface area contributed by atoms with Crippen molar-refractivity contribution in [2.24, 2.45) is 4.99 Å². The summed E-state index contributed by atoms with van der Waals surface area (Å²) >= 11 is 0. The third-order valence-electron chi connectivity index (χ3n) is 3.07. The molecule has 0 radical (unpaired) electrons. The van der Waals surface area contributed by atoms with Crippen LogP contribution in [0.15, 0.2) is 29.3 Å². The lowest BCUT2D eigenvalue weighted by Gasteiger charge is -2.15. The third kappa shape index (κ3) is 3.03. The van der Waals surface area contributed by atoms with Crippen molar-refractivity contribution in [2.75, 3.05) is 6.61 Å². The molecule has 0 fully saturated rings. The maximum Gasteiger partial charge on any atom is 0.416 e. The predicted molar refractivity (Wildman–Crippen MR) is 62.7 cm³/mol. The number of hydrogen-bond acceptors (Lipinski definition) is 2. The Bertz CT molecular complexity index is 425. The van der Waals surface area contributed by atoms with Crippen molar-refractivity contribution in [2.45, 2.75) is 31.5 Å². The topological polar surface area (TPSA) is 21.6 Å². The van der Waals surface area contributed by atoms with Gasteiger partial charge in [-0.2, -0.15) is 13.2 Å². The Hall–Kier alpha value is -1.52. The number of halogens is 3. The van der Waals surface area contributed by atoms with Gasteiger partial charge in [0.05, 0.1) is 11.6 Å². The van der Waals surface area contributed by atoms with Gasteiger partial charge in [-0.15, -0.1) is 0 Å². The number of rotatable bonds is 3. The van der Waals surface area contributed by atoms with Crippen molar-refractivity contribution in [1.82, 2.24) is 0 Å². The largest absolute Gasteiger partial charge is 0.481 e. The SMILES string of the molecule is CC(CC1COC=N1)c1ccc(C(F)(F)F)cc1. The number of nitrogens with zero attached hydrogens (tertiary/aromatic N) is 1. The molecule has 1 aliphatic rings. The molecule has 0 saturated carbocycles. The van der Waals surface area contributed by atoms with E-state index in [2.05, 4.69) is 4.99 Å². The van der Waals surface area contributed by atoms with Crippen molar-refractivity contribution in [1.29, 1.82) is 0 Å². The Morgan fingerprint density at radius 2 is 2.00 bits per heavy atom. The Labute approximate surface area is 103 Å². The van der Waals surface area contributed by atoms with Gasteiger partial charge >= 0.3 is 6.18 Å². The molecule has 2 nitrogen and oxygen atoms in total. The highest BCUT2D eigenvalue weighted by Gasteiger charge is 2.30. The lowest BCUT2D eigenvalue weighted by atomic mass is 9.93. The highest BCUT2D eigenvalue weighted by atomic mass is 19.4. The molecule has 0 aliphatic carbocycles. The van der Waals surface area contributed by atoms with Crippen molar-refractivity contribution in [3.8, 4) is 0 Å². The summed E-state index contributed by atoms with van der Waals surface area (Å²) in [6, 6.07) is 5.43. The molecule has 2 rings (SSSR count). The monoisotopic (exact) mass is 257 g/mol. The van der Waals surface area contributed by atoms with Crippen LogP contribution >= 0.6 is 0 Å². The van der Waals surface area contributed by atoms with Crippen molar-refractivity contribution < 1.29 is 17.9 Å². The van der Waals surface area contributed by atoms with Gasteiger partial charge in [0.1, 0.15) is 6.61 Å². The molecule has 1 heterocycles. The maximum absolute atomic E-state index is 12.4. The molecule has 5 heteroatoms. The molecular formula is C13H14F3NO. The van der Waals surface area contributed by atoms with Gasteiger partial charge in [0.2, 0.25) is 0 Å². The molecule has 0 aromatic heterocycles. The van der Waals surface area contributed by atoms with Crippen LogP contribution in [0, 0.1) is 0 Å². The van der Waals surface area contributed by atoms with Crippen LogP contribution < -0.4 is 0 Å². The Morgan fingerprint density at radius 3 is 2.50 bits per heavy atom. The van der Waals surface area contributed by atoms with E-state index in [9.17, 15) is 13.2 Å². The maximum atomic E-state index is 12.4. The van der Waals surface area contributed by atoms with E-state index >= 15 is 0 Å². The first-order valence-corrected chi connectivity index (χ1v) is 5.77. The highest BCUT2D eigenvalue weighted by Crippen LogP contribution is 2.31. The van der Waals surface area contributed by atoms with Crippen LogP contribution in [0.5, 0.6) is 0 Å². The fourth-order valence-electron chi connectivity index (χ4n) is 2.00. The Balaban J connectivity index is 2.02. The zero-order chi connectivity index (χ0) is 13.2. The number of hydrogen-bond donors (Lipinski definition) is 0. The van der Waals surface area contributed by atoms with E-state index in [0.29, 0.717) is 6.61 Å². The first-order valence-electron chi connectivity index (χ1n) is 5.77. The van der Waals surface area contributed by atoms with Crippen LogP contribution in [0.4, 0.5) is 13.2 Å². The molecule has 98 valence electrons. The summed E-state index contributed by atoms with van der Waals surface area (Å²) < 4.78 is 42.3. The molecule has 1 aromatic rings. The average Bonchev–Trinajstić information content (AvgIpc) is 2.81. The predicted octanol–water partition coefficient (Wildman–Crippen LogP) is 3.63. The van der Waals surface area contributed by atoms with Gasteiger partial charge in [-0.25, -0.2) is 0 Å². The van der Waals surface area contributed by atoms with E-state index in [1.54, 1.807) is 0 Å². The van der Waals surface area contributed by atoms with Crippen LogP contribution in [-0.4, -0.2) is 19.0 Å². The van der Waals surface area contributed by atoms with Crippen LogP contribution in [-0.2, 0) is 10.9 Å². The molecule has 0 bridgehead atoms. The second-order valence-corrected chi connectivity index (χ2v) is 4.50. The fraction of sp³-hybridized carbons (Fsp3) is 0.462. The van der Waals surface area contributed by atoms with Gasteiger partial charge in [-0.1, -0.05) is 19.1 Å². The van der Waals surface area contributed by atoms with Crippen LogP contribution in [0.3, 0.4) is 0 Å². The van der Waals surface area contributed by atoms with Crippen molar-refractivity contribution >= 4 is 6.40 Å². The molecular weight excluding hydrogens is 243 g/mol. The number of aliphatic imine (C=N–C) groups is 1. The van der Waals surface area contributed by atoms with E-state index < -0.39 is 11.7 Å². The van der Waals surface area contributed by atoms with Crippen LogP contribution in [0.2, 0.25) is 0 Å². The van der Waals surface area contributed by atoms with Crippen molar-refractivity contribution in [3.63, 3.8) is 0 Å². The zero-order valence-corrected chi connectivity index (χ0v) is 9.95. The lowest BCUT2D eigenvalue weighted by Crippen LogP contribution is -2.11. The molecule has 0 N–H and O–H groups in total. The van der Waals surface area contributed by atoms with Crippen LogP contribution in [0.25, 0.3) is 0 Å². The highest BCUT2D eigenvalue weighted by molar-refractivity contribution is 5.49. The summed E-state index contributed by atoms with van der Waals surface area (Å²) in [4.78, 5) is 4.13. The summed E-state index contributed by atoms with van der Waals surface area (Å²) in [5.74, 6) is 0.163. The minimum atomic E-state index is -4.27. The number of ether oxygens (including phenoxy) is 1. The number of alkyl halides is 3. The van der Waals surface area contributed by atoms with E-state index in [1.807, 2.05) is 6.92 Å².